The molecule has 216 valence electrons. The molecule has 1 unspecified atom stereocenters. The number of hydrogen-bond donors (Lipinski definition) is 3. The molecule has 3 rings (SSSR count). The van der Waals surface area contributed by atoms with Gasteiger partial charge in [-0.05, 0) is 32.9 Å². The lowest BCUT2D eigenvalue weighted by atomic mass is 9.90. The van der Waals surface area contributed by atoms with Crippen molar-refractivity contribution in [3.63, 3.8) is 0 Å². The number of carbonyl (C=O) groups excluding carboxylic acids is 2. The van der Waals surface area contributed by atoms with Crippen LogP contribution in [0.4, 0.5) is 8.78 Å². The van der Waals surface area contributed by atoms with Crippen LogP contribution in [-0.2, 0) is 28.2 Å². The molecule has 1 fully saturated rings. The van der Waals surface area contributed by atoms with Crippen molar-refractivity contribution >= 4 is 19.5 Å². The molecule has 7 atom stereocenters. The monoisotopic (exact) mass is 573 g/mol. The van der Waals surface area contributed by atoms with Gasteiger partial charge in [0.15, 0.2) is 6.23 Å². The first-order valence-corrected chi connectivity index (χ1v) is 14.0. The molecule has 0 aromatic heterocycles. The van der Waals surface area contributed by atoms with E-state index in [0.29, 0.717) is 0 Å². The topological polar surface area (TPSA) is 150 Å². The first kappa shape index (κ1) is 30.7. The summed E-state index contributed by atoms with van der Waals surface area (Å²) in [6.45, 7) is 8.53. The van der Waals surface area contributed by atoms with E-state index in [4.69, 9.17) is 24.3 Å². The van der Waals surface area contributed by atoms with Crippen LogP contribution in [-0.4, -0.2) is 70.9 Å². The van der Waals surface area contributed by atoms with Crippen molar-refractivity contribution in [1.29, 1.82) is 0 Å². The van der Waals surface area contributed by atoms with Gasteiger partial charge in [0.05, 0.1) is 24.3 Å². The molecule has 1 aromatic rings. The highest BCUT2D eigenvalue weighted by molar-refractivity contribution is 7.54. The van der Waals surface area contributed by atoms with Gasteiger partial charge < -0.3 is 35.1 Å². The summed E-state index contributed by atoms with van der Waals surface area (Å²) in [5.74, 6) is -3.75. The Bertz CT molecular complexity index is 1150. The zero-order chi connectivity index (χ0) is 29.1. The van der Waals surface area contributed by atoms with E-state index < -0.39 is 74.1 Å². The molecular weight excluding hydrogens is 539 g/mol. The number of hydrogen-bond acceptors (Lipinski definition) is 10. The van der Waals surface area contributed by atoms with Crippen molar-refractivity contribution in [2.75, 3.05) is 12.8 Å². The van der Waals surface area contributed by atoms with Crippen LogP contribution in [0, 0.1) is 5.92 Å². The molecular formula is C25H34F2N3O8P. The van der Waals surface area contributed by atoms with Crippen molar-refractivity contribution in [1.82, 2.24) is 10.2 Å². The number of nitrogens with one attached hydrogen (secondary N) is 1. The Balaban J connectivity index is 1.87. The number of aliphatic hydroxyl groups is 1. The van der Waals surface area contributed by atoms with Gasteiger partial charge in [-0.3, -0.25) is 14.1 Å². The zero-order valence-corrected chi connectivity index (χ0v) is 23.0. The van der Waals surface area contributed by atoms with E-state index in [-0.39, 0.29) is 17.7 Å². The number of benzene rings is 1. The van der Waals surface area contributed by atoms with Crippen molar-refractivity contribution < 1.29 is 46.6 Å². The lowest BCUT2D eigenvalue weighted by molar-refractivity contribution is -0.151. The van der Waals surface area contributed by atoms with Gasteiger partial charge in [-0.15, -0.1) is 0 Å². The number of aliphatic hydroxyl groups excluding tert-OH is 1. The first-order valence-electron chi connectivity index (χ1n) is 12.3. The fourth-order valence-electron chi connectivity index (χ4n) is 4.18. The van der Waals surface area contributed by atoms with E-state index in [1.165, 1.54) is 13.8 Å². The maximum atomic E-state index is 14.3. The number of carbonyl (C=O) groups is 2. The number of esters is 1. The Morgan fingerprint density at radius 1 is 1.31 bits per heavy atom. The number of amides is 1. The first-order chi connectivity index (χ1) is 18.2. The minimum absolute atomic E-state index is 0.160. The maximum Gasteiger partial charge on any atom is 0.380 e. The molecule has 2 heterocycles. The van der Waals surface area contributed by atoms with Gasteiger partial charge in [0.25, 0.3) is 5.91 Å². The molecule has 39 heavy (non-hydrogen) atoms. The molecule has 1 aromatic carbocycles. The zero-order valence-electron chi connectivity index (χ0n) is 22.1. The second-order valence-electron chi connectivity index (χ2n) is 9.82. The number of halogens is 2. The molecule has 0 spiro atoms. The van der Waals surface area contributed by atoms with Gasteiger partial charge in [0.1, 0.15) is 36.0 Å². The number of para-hydroxylation sites is 1. The minimum Gasteiger partial charge on any atom is -0.463 e. The second kappa shape index (κ2) is 12.1. The predicted molar refractivity (Wildman–Crippen MR) is 136 cm³/mol. The Kier molecular flexibility index (Phi) is 9.56. The van der Waals surface area contributed by atoms with Crippen LogP contribution >= 0.6 is 7.60 Å². The van der Waals surface area contributed by atoms with Crippen LogP contribution in [0.2, 0.25) is 0 Å². The van der Waals surface area contributed by atoms with Crippen LogP contribution in [0.1, 0.15) is 27.7 Å². The molecule has 1 saturated heterocycles. The van der Waals surface area contributed by atoms with E-state index in [1.807, 2.05) is 0 Å². The van der Waals surface area contributed by atoms with Crippen molar-refractivity contribution in [2.45, 2.75) is 63.9 Å². The smallest absolute Gasteiger partial charge is 0.380 e. The summed E-state index contributed by atoms with van der Waals surface area (Å²) in [7, 11) is -4.15. The molecule has 2 aliphatic heterocycles. The van der Waals surface area contributed by atoms with E-state index in [0.717, 1.165) is 11.1 Å². The third kappa shape index (κ3) is 6.85. The molecule has 14 heteroatoms. The van der Waals surface area contributed by atoms with Crippen LogP contribution in [0.3, 0.4) is 0 Å². The fourth-order valence-corrected chi connectivity index (χ4v) is 6.27. The summed E-state index contributed by atoms with van der Waals surface area (Å²) in [6.07, 6.45) is -5.94. The Morgan fingerprint density at radius 2 is 1.95 bits per heavy atom. The van der Waals surface area contributed by atoms with Crippen LogP contribution in [0.15, 0.2) is 54.8 Å². The number of nitrogens with zero attached hydrogens (tertiary/aromatic N) is 1. The van der Waals surface area contributed by atoms with Gasteiger partial charge >= 0.3 is 13.6 Å². The summed E-state index contributed by atoms with van der Waals surface area (Å²) < 4.78 is 64.9. The molecule has 0 saturated carbocycles. The highest BCUT2D eigenvalue weighted by Crippen LogP contribution is 2.52. The predicted octanol–water partition coefficient (Wildman–Crippen LogP) is 2.72. The minimum atomic E-state index is -4.15. The quantitative estimate of drug-likeness (QED) is 0.266. The Morgan fingerprint density at radius 3 is 2.54 bits per heavy atom. The highest BCUT2D eigenvalue weighted by Gasteiger charge is 2.59. The number of ether oxygens (including phenoxy) is 2. The van der Waals surface area contributed by atoms with Gasteiger partial charge in [-0.1, -0.05) is 31.7 Å². The lowest BCUT2D eigenvalue weighted by Crippen LogP contribution is -2.63. The van der Waals surface area contributed by atoms with Gasteiger partial charge in [-0.2, -0.15) is 4.39 Å². The third-order valence-electron chi connectivity index (χ3n) is 6.16. The van der Waals surface area contributed by atoms with E-state index in [9.17, 15) is 28.0 Å². The standard InChI is InChI=1S/C25H34F2N3O8P/c1-14(2)35-23(33)15(3)12-39(34,38-18-9-7-6-8-10-18)37-16(4)20-21(31)25(28,13-26)24(36-20)30-11-19(27)22(32)29-17(30)5/h6-11,14-16,20-21,24,31H,5,12-13,28H2,1-4H3,(H,29,32)/t15-,16-,20-,21+,24-,25?,39-/m1/s1. The Hall–Kier alpha value is -2.83. The summed E-state index contributed by atoms with van der Waals surface area (Å²) in [6, 6.07) is 8.10. The number of rotatable bonds is 11. The third-order valence-corrected chi connectivity index (χ3v) is 8.30. The van der Waals surface area contributed by atoms with E-state index in [2.05, 4.69) is 11.9 Å². The summed E-state index contributed by atoms with van der Waals surface area (Å²) >= 11 is 0. The molecule has 0 bridgehead atoms. The second-order valence-corrected chi connectivity index (χ2v) is 11.8. The van der Waals surface area contributed by atoms with E-state index >= 15 is 0 Å². The summed E-state index contributed by atoms with van der Waals surface area (Å²) in [5, 5.41) is 13.2. The Labute approximate surface area is 225 Å². The summed E-state index contributed by atoms with van der Waals surface area (Å²) in [5.41, 5.74) is 4.07. The average molecular weight is 574 g/mol. The maximum absolute atomic E-state index is 14.3. The molecule has 0 aliphatic carbocycles. The highest BCUT2D eigenvalue weighted by atomic mass is 31.2. The van der Waals surface area contributed by atoms with Gasteiger partial charge in [0.2, 0.25) is 5.83 Å². The van der Waals surface area contributed by atoms with Crippen molar-refractivity contribution in [3.05, 3.63) is 54.8 Å². The average Bonchev–Trinajstić information content (AvgIpc) is 3.12. The normalized spacial score (nSPS) is 28.4. The van der Waals surface area contributed by atoms with Gasteiger partial charge in [-0.25, -0.2) is 8.96 Å². The fraction of sp³-hybridized carbons (Fsp3) is 0.520. The molecule has 1 amide bonds. The molecule has 0 radical (unpaired) electrons. The molecule has 11 nitrogen and oxygen atoms in total. The molecule has 4 N–H and O–H groups in total. The van der Waals surface area contributed by atoms with Crippen LogP contribution in [0.5, 0.6) is 5.75 Å². The SMILES string of the molecule is C=C1NC(=O)C(F)=CN1[C@@H]1O[C@H]([C@@H](C)O[P@](=O)(C[C@@H](C)C(=O)OC(C)C)Oc2ccccc2)[C@H](O)C1(N)CF. The van der Waals surface area contributed by atoms with Crippen LogP contribution < -0.4 is 15.6 Å². The molecule has 2 aliphatic rings. The summed E-state index contributed by atoms with van der Waals surface area (Å²) in [4.78, 5) is 25.0. The van der Waals surface area contributed by atoms with E-state index in [1.54, 1.807) is 44.2 Å². The van der Waals surface area contributed by atoms with Crippen LogP contribution in [0.25, 0.3) is 0 Å². The van der Waals surface area contributed by atoms with Gasteiger partial charge in [0, 0.05) is 6.20 Å². The largest absolute Gasteiger partial charge is 0.463 e. The number of nitrogens with two attached hydrogens (primary N) is 1. The lowest BCUT2D eigenvalue weighted by Gasteiger charge is -2.38. The van der Waals surface area contributed by atoms with Crippen molar-refractivity contribution in [3.8, 4) is 5.75 Å². The van der Waals surface area contributed by atoms with Crippen molar-refractivity contribution in [2.24, 2.45) is 11.7 Å². The number of alkyl halides is 1.